The molecule has 1 aliphatic rings. The fraction of sp³-hybridized carbons (Fsp3) is 0.300. The number of hydrogen-bond acceptors (Lipinski definition) is 6. The summed E-state index contributed by atoms with van der Waals surface area (Å²) in [4.78, 5) is 31.6. The summed E-state index contributed by atoms with van der Waals surface area (Å²) < 4.78 is 16.2. The maximum absolute atomic E-state index is 13.8. The van der Waals surface area contributed by atoms with Gasteiger partial charge in [0.2, 0.25) is 11.6 Å². The van der Waals surface area contributed by atoms with E-state index in [4.69, 9.17) is 0 Å². The molecule has 3 aromatic rings. The Morgan fingerprint density at radius 3 is 2.83 bits per heavy atom. The number of hydrogen-bond donors (Lipinski definition) is 2. The third kappa shape index (κ3) is 3.81. The Labute approximate surface area is 171 Å². The fourth-order valence-electron chi connectivity index (χ4n) is 3.33. The normalized spacial score (nSPS) is 14.1. The number of nitrogens with one attached hydrogen (secondary N) is 2. The largest absolute Gasteiger partial charge is 0.351 e. The second-order valence-electron chi connectivity index (χ2n) is 7.11. The number of rotatable bonds is 5. The van der Waals surface area contributed by atoms with Crippen molar-refractivity contribution in [3.8, 4) is 0 Å². The average molecular weight is 411 g/mol. The summed E-state index contributed by atoms with van der Waals surface area (Å²) in [6.07, 6.45) is 3.07. The van der Waals surface area contributed by atoms with Crippen molar-refractivity contribution in [2.75, 3.05) is 31.1 Å². The van der Waals surface area contributed by atoms with E-state index in [-0.39, 0.29) is 18.1 Å². The van der Waals surface area contributed by atoms with Gasteiger partial charge in [0.05, 0.1) is 0 Å². The Hall–Kier alpha value is -3.53. The second-order valence-corrected chi connectivity index (χ2v) is 7.11. The molecule has 1 saturated heterocycles. The lowest BCUT2D eigenvalue weighted by molar-refractivity contribution is -0.120. The predicted octanol–water partition coefficient (Wildman–Crippen LogP) is 0.535. The first kappa shape index (κ1) is 19.8. The van der Waals surface area contributed by atoms with Gasteiger partial charge in [-0.25, -0.2) is 23.3 Å². The molecule has 1 aliphatic heterocycles. The van der Waals surface area contributed by atoms with E-state index in [1.54, 1.807) is 25.3 Å². The van der Waals surface area contributed by atoms with Gasteiger partial charge < -0.3 is 15.5 Å². The average Bonchev–Trinajstić information content (AvgIpc) is 3.06. The third-order valence-electron chi connectivity index (χ3n) is 5.00. The van der Waals surface area contributed by atoms with Crippen molar-refractivity contribution in [2.45, 2.75) is 13.5 Å². The van der Waals surface area contributed by atoms with Gasteiger partial charge in [0, 0.05) is 49.8 Å². The summed E-state index contributed by atoms with van der Waals surface area (Å²) in [6.45, 7) is 8.28. The smallest absolute Gasteiger partial charge is 0.350 e. The first-order chi connectivity index (χ1) is 14.4. The first-order valence-corrected chi connectivity index (χ1v) is 9.59. The summed E-state index contributed by atoms with van der Waals surface area (Å²) in [5, 5.41) is 10.2. The highest BCUT2D eigenvalue weighted by Gasteiger charge is 2.19. The molecule has 3 heterocycles. The van der Waals surface area contributed by atoms with Crippen LogP contribution in [-0.2, 0) is 11.3 Å². The molecule has 156 valence electrons. The number of nitrogens with zero attached hydrogens (tertiary/aromatic N) is 5. The van der Waals surface area contributed by atoms with Crippen LogP contribution in [-0.4, -0.2) is 51.3 Å². The van der Waals surface area contributed by atoms with Gasteiger partial charge >= 0.3 is 5.69 Å². The lowest BCUT2D eigenvalue weighted by Crippen LogP contribution is -2.44. The Bertz CT molecular complexity index is 1180. The van der Waals surface area contributed by atoms with Gasteiger partial charge in [-0.05, 0) is 18.6 Å². The molecule has 0 atom stereocenters. The summed E-state index contributed by atoms with van der Waals surface area (Å²) in [5.41, 5.74) is 1.17. The van der Waals surface area contributed by atoms with Gasteiger partial charge in [-0.2, -0.15) is 0 Å². The fourth-order valence-corrected chi connectivity index (χ4v) is 3.33. The number of carbonyl (C=O) groups is 1. The van der Waals surface area contributed by atoms with Crippen molar-refractivity contribution in [1.29, 1.82) is 0 Å². The van der Waals surface area contributed by atoms with E-state index in [1.807, 2.05) is 0 Å². The number of anilines is 1. The summed E-state index contributed by atoms with van der Waals surface area (Å²) in [5.74, 6) is -0.259. The highest BCUT2D eigenvalue weighted by atomic mass is 19.1. The van der Waals surface area contributed by atoms with Gasteiger partial charge in [-0.3, -0.25) is 4.79 Å². The van der Waals surface area contributed by atoms with E-state index in [2.05, 4.69) is 32.2 Å². The number of carbonyl (C=O) groups excluding carboxylic acids is 1. The molecule has 0 radical (unpaired) electrons. The highest BCUT2D eigenvalue weighted by molar-refractivity contribution is 5.86. The quantitative estimate of drug-likeness (QED) is 0.636. The van der Waals surface area contributed by atoms with Gasteiger partial charge in [-0.1, -0.05) is 18.7 Å². The Morgan fingerprint density at radius 1 is 1.33 bits per heavy atom. The van der Waals surface area contributed by atoms with Gasteiger partial charge in [0.25, 0.3) is 0 Å². The zero-order valence-electron chi connectivity index (χ0n) is 16.6. The van der Waals surface area contributed by atoms with Gasteiger partial charge in [0.15, 0.2) is 5.82 Å². The zero-order valence-corrected chi connectivity index (χ0v) is 16.6. The van der Waals surface area contributed by atoms with E-state index >= 15 is 0 Å². The van der Waals surface area contributed by atoms with Crippen LogP contribution in [0.15, 0.2) is 42.0 Å². The van der Waals surface area contributed by atoms with Crippen molar-refractivity contribution in [3.63, 3.8) is 0 Å². The lowest BCUT2D eigenvalue weighted by atomic mass is 10.1. The molecule has 0 spiro atoms. The highest BCUT2D eigenvalue weighted by Crippen LogP contribution is 2.16. The van der Waals surface area contributed by atoms with Crippen LogP contribution in [0.4, 0.5) is 10.2 Å². The SMILES string of the molecule is C=C(NC(=O)Cn1nc2c(N3CCNCC3)nccn2c1=O)c1ccc(C)c(F)c1. The molecule has 30 heavy (non-hydrogen) atoms. The van der Waals surface area contributed by atoms with Crippen LogP contribution in [0.2, 0.25) is 0 Å². The molecule has 2 N–H and O–H groups in total. The van der Waals surface area contributed by atoms with E-state index in [1.165, 1.54) is 16.7 Å². The maximum atomic E-state index is 13.8. The van der Waals surface area contributed by atoms with Crippen LogP contribution in [0.25, 0.3) is 11.3 Å². The van der Waals surface area contributed by atoms with Crippen LogP contribution in [0.1, 0.15) is 11.1 Å². The molecule has 0 saturated carbocycles. The monoisotopic (exact) mass is 411 g/mol. The Morgan fingerprint density at radius 2 is 2.10 bits per heavy atom. The lowest BCUT2D eigenvalue weighted by Gasteiger charge is -2.28. The van der Waals surface area contributed by atoms with Crippen molar-refractivity contribution in [2.24, 2.45) is 0 Å². The molecule has 1 aromatic carbocycles. The number of aryl methyl sites for hydroxylation is 1. The first-order valence-electron chi connectivity index (χ1n) is 9.59. The number of aromatic nitrogens is 4. The molecule has 0 aliphatic carbocycles. The molecule has 1 amide bonds. The second kappa shape index (κ2) is 8.07. The van der Waals surface area contributed by atoms with Crippen LogP contribution >= 0.6 is 0 Å². The topological polar surface area (TPSA) is 96.6 Å². The van der Waals surface area contributed by atoms with Crippen LogP contribution in [0.5, 0.6) is 0 Å². The summed E-state index contributed by atoms with van der Waals surface area (Å²) in [7, 11) is 0. The molecule has 10 heteroatoms. The zero-order chi connectivity index (χ0) is 21.3. The van der Waals surface area contributed by atoms with E-state index < -0.39 is 11.6 Å². The maximum Gasteiger partial charge on any atom is 0.350 e. The van der Waals surface area contributed by atoms with E-state index in [9.17, 15) is 14.0 Å². The molecule has 1 fully saturated rings. The van der Waals surface area contributed by atoms with Crippen LogP contribution in [0, 0.1) is 12.7 Å². The minimum Gasteiger partial charge on any atom is -0.351 e. The number of fused-ring (bicyclic) bond motifs is 1. The molecule has 0 unspecified atom stereocenters. The van der Waals surface area contributed by atoms with Crippen LogP contribution < -0.4 is 21.2 Å². The summed E-state index contributed by atoms with van der Waals surface area (Å²) in [6, 6.07) is 4.59. The molecule has 4 rings (SSSR count). The standard InChI is InChI=1S/C20H22FN7O2/c1-13-3-4-15(11-16(13)21)14(2)24-17(29)12-28-20(30)27-10-7-23-18(19(27)25-28)26-8-5-22-6-9-26/h3-4,7,10-11,22H,2,5-6,8-9,12H2,1H3,(H,24,29). The Kier molecular flexibility index (Phi) is 5.32. The number of piperazine rings is 1. The summed E-state index contributed by atoms with van der Waals surface area (Å²) >= 11 is 0. The molecular weight excluding hydrogens is 389 g/mol. The predicted molar refractivity (Wildman–Crippen MR) is 111 cm³/mol. The number of halogens is 1. The van der Waals surface area contributed by atoms with Crippen molar-refractivity contribution in [1.82, 2.24) is 29.8 Å². The van der Waals surface area contributed by atoms with E-state index in [0.29, 0.717) is 22.6 Å². The molecular formula is C20H22FN7O2. The number of amides is 1. The van der Waals surface area contributed by atoms with Crippen molar-refractivity contribution in [3.05, 3.63) is 64.6 Å². The molecule has 0 bridgehead atoms. The van der Waals surface area contributed by atoms with Gasteiger partial charge in [0.1, 0.15) is 12.4 Å². The van der Waals surface area contributed by atoms with Crippen molar-refractivity contribution >= 4 is 23.1 Å². The molecule has 2 aromatic heterocycles. The van der Waals surface area contributed by atoms with Crippen LogP contribution in [0.3, 0.4) is 0 Å². The third-order valence-corrected chi connectivity index (χ3v) is 5.00. The minimum atomic E-state index is -0.483. The number of benzene rings is 1. The molecule has 9 nitrogen and oxygen atoms in total. The van der Waals surface area contributed by atoms with E-state index in [0.717, 1.165) is 30.9 Å². The minimum absolute atomic E-state index is 0.249. The van der Waals surface area contributed by atoms with Gasteiger partial charge in [-0.15, -0.1) is 5.10 Å². The Balaban J connectivity index is 1.54. The van der Waals surface area contributed by atoms with Crippen molar-refractivity contribution < 1.29 is 9.18 Å².